The predicted molar refractivity (Wildman–Crippen MR) is 146 cm³/mol. The van der Waals surface area contributed by atoms with Crippen molar-refractivity contribution in [3.05, 3.63) is 51.6 Å². The number of hydrogen-bond donors (Lipinski definition) is 0. The Kier molecular flexibility index (Phi) is 7.77. The van der Waals surface area contributed by atoms with Gasteiger partial charge in [-0.3, -0.25) is 4.79 Å². The van der Waals surface area contributed by atoms with E-state index in [1.165, 1.54) is 0 Å². The second-order valence-electron chi connectivity index (χ2n) is 9.87. The van der Waals surface area contributed by atoms with Crippen molar-refractivity contribution in [2.24, 2.45) is 10.9 Å². The molecule has 2 aromatic rings. The standard InChI is InChI=1S/C27H32IN3O5/c1-6-34-25(32)17(2)21-16-30(13-14-31(21)26(33)36-27(3,4)5)24-19-9-7-8-10-22(19)35-23-12-11-18(28)15-20(23)29-24/h7-12,15,17,21H,6,13-14,16H2,1-5H3/t17?,21-/m1/s1. The monoisotopic (exact) mass is 605 g/mol. The summed E-state index contributed by atoms with van der Waals surface area (Å²) in [6.45, 7) is 10.7. The minimum Gasteiger partial charge on any atom is -0.466 e. The molecule has 0 spiro atoms. The third-order valence-electron chi connectivity index (χ3n) is 6.08. The molecule has 1 amide bonds. The summed E-state index contributed by atoms with van der Waals surface area (Å²) >= 11 is 2.26. The van der Waals surface area contributed by atoms with Gasteiger partial charge >= 0.3 is 12.1 Å². The van der Waals surface area contributed by atoms with Gasteiger partial charge in [0.25, 0.3) is 0 Å². The van der Waals surface area contributed by atoms with Gasteiger partial charge in [-0.15, -0.1) is 0 Å². The number of halogens is 1. The molecule has 0 saturated carbocycles. The number of amides is 1. The normalized spacial score (nSPS) is 18.2. The zero-order valence-corrected chi connectivity index (χ0v) is 23.4. The average molecular weight is 605 g/mol. The molecule has 192 valence electrons. The van der Waals surface area contributed by atoms with E-state index in [9.17, 15) is 9.59 Å². The van der Waals surface area contributed by atoms with Gasteiger partial charge in [-0.2, -0.15) is 0 Å². The van der Waals surface area contributed by atoms with Crippen LogP contribution in [0.3, 0.4) is 0 Å². The van der Waals surface area contributed by atoms with E-state index < -0.39 is 23.7 Å². The number of ether oxygens (including phenoxy) is 3. The maximum absolute atomic E-state index is 13.1. The van der Waals surface area contributed by atoms with E-state index >= 15 is 0 Å². The SMILES string of the molecule is CCOC(=O)C(C)[C@H]1CN(C2=Nc3cc(I)ccc3Oc3ccccc32)CCN1C(=O)OC(C)(C)C. The van der Waals surface area contributed by atoms with E-state index in [4.69, 9.17) is 19.2 Å². The van der Waals surface area contributed by atoms with Crippen molar-refractivity contribution in [2.45, 2.75) is 46.3 Å². The summed E-state index contributed by atoms with van der Waals surface area (Å²) in [6, 6.07) is 13.2. The molecule has 2 aromatic carbocycles. The highest BCUT2D eigenvalue weighted by Crippen LogP contribution is 2.39. The van der Waals surface area contributed by atoms with Crippen LogP contribution in [0, 0.1) is 9.49 Å². The summed E-state index contributed by atoms with van der Waals surface area (Å²) in [5.41, 5.74) is 0.948. The van der Waals surface area contributed by atoms with Gasteiger partial charge in [-0.1, -0.05) is 12.1 Å². The van der Waals surface area contributed by atoms with E-state index in [-0.39, 0.29) is 12.6 Å². The number of para-hydroxylation sites is 1. The number of piperazine rings is 1. The third-order valence-corrected chi connectivity index (χ3v) is 6.75. The first-order valence-electron chi connectivity index (χ1n) is 12.1. The van der Waals surface area contributed by atoms with Crippen LogP contribution in [0.15, 0.2) is 47.5 Å². The Morgan fingerprint density at radius 3 is 2.64 bits per heavy atom. The van der Waals surface area contributed by atoms with Gasteiger partial charge in [0.1, 0.15) is 22.9 Å². The van der Waals surface area contributed by atoms with Gasteiger partial charge in [-0.05, 0) is 87.5 Å². The van der Waals surface area contributed by atoms with Crippen LogP contribution in [0.4, 0.5) is 10.5 Å². The third kappa shape index (κ3) is 5.77. The molecular weight excluding hydrogens is 573 g/mol. The molecule has 36 heavy (non-hydrogen) atoms. The molecule has 0 radical (unpaired) electrons. The quantitative estimate of drug-likeness (QED) is 0.335. The Morgan fingerprint density at radius 1 is 1.17 bits per heavy atom. The molecule has 1 unspecified atom stereocenters. The van der Waals surface area contributed by atoms with Crippen LogP contribution >= 0.6 is 22.6 Å². The van der Waals surface area contributed by atoms with Crippen LogP contribution in [0.25, 0.3) is 0 Å². The molecule has 2 aliphatic rings. The van der Waals surface area contributed by atoms with Gasteiger partial charge in [0, 0.05) is 23.2 Å². The molecule has 0 bridgehead atoms. The molecule has 4 rings (SSSR count). The molecule has 2 heterocycles. The highest BCUT2D eigenvalue weighted by atomic mass is 127. The van der Waals surface area contributed by atoms with Gasteiger partial charge < -0.3 is 24.0 Å². The first-order chi connectivity index (χ1) is 17.1. The number of aliphatic imine (C=N–C) groups is 1. The summed E-state index contributed by atoms with van der Waals surface area (Å²) in [4.78, 5) is 34.7. The second kappa shape index (κ2) is 10.7. The zero-order valence-electron chi connectivity index (χ0n) is 21.3. The Morgan fingerprint density at radius 2 is 1.92 bits per heavy atom. The first-order valence-corrected chi connectivity index (χ1v) is 13.2. The maximum Gasteiger partial charge on any atom is 0.410 e. The largest absolute Gasteiger partial charge is 0.466 e. The Balaban J connectivity index is 1.72. The van der Waals surface area contributed by atoms with Crippen molar-refractivity contribution in [1.82, 2.24) is 9.80 Å². The van der Waals surface area contributed by atoms with Crippen LogP contribution in [0.1, 0.15) is 40.2 Å². The second-order valence-corrected chi connectivity index (χ2v) is 11.1. The molecule has 9 heteroatoms. The number of carbonyl (C=O) groups is 2. The number of rotatable bonds is 3. The highest BCUT2D eigenvalue weighted by molar-refractivity contribution is 14.1. The van der Waals surface area contributed by atoms with Crippen LogP contribution in [0.5, 0.6) is 11.5 Å². The van der Waals surface area contributed by atoms with E-state index in [2.05, 4.69) is 27.5 Å². The van der Waals surface area contributed by atoms with Crippen LogP contribution in [0.2, 0.25) is 0 Å². The lowest BCUT2D eigenvalue weighted by molar-refractivity contribution is -0.150. The van der Waals surface area contributed by atoms with Crippen LogP contribution in [-0.2, 0) is 14.3 Å². The number of nitrogens with zero attached hydrogens (tertiary/aromatic N) is 3. The van der Waals surface area contributed by atoms with Crippen molar-refractivity contribution < 1.29 is 23.8 Å². The van der Waals surface area contributed by atoms with Gasteiger partial charge in [-0.25, -0.2) is 9.79 Å². The Bertz CT molecular complexity index is 1180. The van der Waals surface area contributed by atoms with Crippen molar-refractivity contribution in [3.63, 3.8) is 0 Å². The smallest absolute Gasteiger partial charge is 0.410 e. The molecule has 2 aliphatic heterocycles. The predicted octanol–water partition coefficient (Wildman–Crippen LogP) is 5.60. The van der Waals surface area contributed by atoms with Gasteiger partial charge in [0.2, 0.25) is 0 Å². The minimum absolute atomic E-state index is 0.277. The topological polar surface area (TPSA) is 80.7 Å². The molecule has 0 aliphatic carbocycles. The molecule has 0 aromatic heterocycles. The first kappa shape index (κ1) is 26.2. The lowest BCUT2D eigenvalue weighted by Gasteiger charge is -2.44. The summed E-state index contributed by atoms with van der Waals surface area (Å²) in [6.07, 6.45) is -0.435. The van der Waals surface area contributed by atoms with Crippen molar-refractivity contribution in [1.29, 1.82) is 0 Å². The van der Waals surface area contributed by atoms with Crippen molar-refractivity contribution in [2.75, 3.05) is 26.2 Å². The highest BCUT2D eigenvalue weighted by Gasteiger charge is 2.41. The average Bonchev–Trinajstić information content (AvgIpc) is 2.98. The molecule has 1 fully saturated rings. The van der Waals surface area contributed by atoms with E-state index in [0.29, 0.717) is 31.1 Å². The van der Waals surface area contributed by atoms with E-state index in [0.717, 1.165) is 20.7 Å². The Labute approximate surface area is 225 Å². The fraction of sp³-hybridized carbons (Fsp3) is 0.444. The summed E-state index contributed by atoms with van der Waals surface area (Å²) in [5, 5.41) is 0. The molecule has 2 atom stereocenters. The van der Waals surface area contributed by atoms with Crippen LogP contribution < -0.4 is 4.74 Å². The van der Waals surface area contributed by atoms with E-state index in [1.54, 1.807) is 18.7 Å². The zero-order chi connectivity index (χ0) is 26.0. The number of hydrogen-bond acceptors (Lipinski definition) is 7. The number of fused-ring (bicyclic) bond motifs is 2. The van der Waals surface area contributed by atoms with Gasteiger partial charge in [0.15, 0.2) is 5.75 Å². The summed E-state index contributed by atoms with van der Waals surface area (Å²) < 4.78 is 18.3. The molecule has 8 nitrogen and oxygen atoms in total. The fourth-order valence-electron chi connectivity index (χ4n) is 4.35. The van der Waals surface area contributed by atoms with Crippen LogP contribution in [-0.4, -0.2) is 65.6 Å². The maximum atomic E-state index is 13.1. The van der Waals surface area contributed by atoms with Gasteiger partial charge in [0.05, 0.1) is 24.1 Å². The summed E-state index contributed by atoms with van der Waals surface area (Å²) in [7, 11) is 0. The fourth-order valence-corrected chi connectivity index (χ4v) is 4.82. The minimum atomic E-state index is -0.644. The number of esters is 1. The summed E-state index contributed by atoms with van der Waals surface area (Å²) in [5.74, 6) is 1.24. The molecular formula is C27H32IN3O5. The lowest BCUT2D eigenvalue weighted by atomic mass is 9.97. The number of carbonyl (C=O) groups excluding carboxylic acids is 2. The number of amidine groups is 1. The van der Waals surface area contributed by atoms with Crippen molar-refractivity contribution >= 4 is 46.2 Å². The Hall–Kier alpha value is -2.82. The molecule has 0 N–H and O–H groups in total. The molecule has 1 saturated heterocycles. The number of benzene rings is 2. The van der Waals surface area contributed by atoms with Crippen molar-refractivity contribution in [3.8, 4) is 11.5 Å². The lowest BCUT2D eigenvalue weighted by Crippen LogP contribution is -2.60. The van der Waals surface area contributed by atoms with E-state index in [1.807, 2.05) is 63.2 Å².